The number of ether oxygens (including phenoxy) is 1. The number of alkyl halides is 3. The monoisotopic (exact) mass is 395 g/mol. The van der Waals surface area contributed by atoms with Crippen LogP contribution in [0.3, 0.4) is 0 Å². The second-order valence-electron chi connectivity index (χ2n) is 6.94. The van der Waals surface area contributed by atoms with Crippen molar-refractivity contribution in [3.8, 4) is 0 Å². The zero-order valence-corrected chi connectivity index (χ0v) is 15.6. The summed E-state index contributed by atoms with van der Waals surface area (Å²) in [6, 6.07) is -0.364. The van der Waals surface area contributed by atoms with Crippen LogP contribution in [0.25, 0.3) is 0 Å². The van der Waals surface area contributed by atoms with E-state index in [0.29, 0.717) is 11.3 Å². The predicted octanol–water partition coefficient (Wildman–Crippen LogP) is 3.31. The van der Waals surface area contributed by atoms with E-state index in [2.05, 4.69) is 4.98 Å². The lowest BCUT2D eigenvalue weighted by Crippen LogP contribution is -2.55. The van der Waals surface area contributed by atoms with Gasteiger partial charge in [-0.1, -0.05) is 11.3 Å². The van der Waals surface area contributed by atoms with Gasteiger partial charge in [-0.25, -0.2) is 14.6 Å². The maximum atomic E-state index is 12.9. The Morgan fingerprint density at radius 3 is 2.35 bits per heavy atom. The first-order valence-electron chi connectivity index (χ1n) is 7.85. The van der Waals surface area contributed by atoms with Crippen LogP contribution in [-0.4, -0.2) is 58.3 Å². The highest BCUT2D eigenvalue weighted by Gasteiger charge is 2.39. The Bertz CT molecular complexity index is 699. The maximum Gasteiger partial charge on any atom is 0.443 e. The lowest BCUT2D eigenvalue weighted by molar-refractivity contribution is -0.137. The van der Waals surface area contributed by atoms with Crippen LogP contribution < -0.4 is 4.90 Å². The fraction of sp³-hybridized carbons (Fsp3) is 0.667. The molecule has 0 aromatic carbocycles. The van der Waals surface area contributed by atoms with Gasteiger partial charge in [0.2, 0.25) is 5.01 Å². The Labute approximate surface area is 152 Å². The number of aromatic carboxylic acids is 1. The Balaban J connectivity index is 2.19. The van der Waals surface area contributed by atoms with Gasteiger partial charge in [0.25, 0.3) is 0 Å². The van der Waals surface area contributed by atoms with Gasteiger partial charge in [0.05, 0.1) is 0 Å². The van der Waals surface area contributed by atoms with Crippen LogP contribution in [-0.2, 0) is 10.9 Å². The third kappa shape index (κ3) is 4.57. The molecule has 1 aromatic rings. The zero-order chi connectivity index (χ0) is 19.9. The minimum atomic E-state index is -4.71. The van der Waals surface area contributed by atoms with Crippen LogP contribution in [0.5, 0.6) is 0 Å². The van der Waals surface area contributed by atoms with Gasteiger partial charge in [-0.2, -0.15) is 13.2 Å². The number of carbonyl (C=O) groups excluding carboxylic acids is 1. The highest BCUT2D eigenvalue weighted by molar-refractivity contribution is 7.16. The summed E-state index contributed by atoms with van der Waals surface area (Å²) in [6.45, 7) is 7.50. The average Bonchev–Trinajstić information content (AvgIpc) is 2.90. The van der Waals surface area contributed by atoms with Crippen LogP contribution in [0, 0.1) is 0 Å². The molecule has 1 saturated heterocycles. The quantitative estimate of drug-likeness (QED) is 0.827. The molecule has 11 heteroatoms. The summed E-state index contributed by atoms with van der Waals surface area (Å²) < 4.78 is 44.0. The second kappa shape index (κ2) is 6.93. The molecule has 1 fully saturated rings. The largest absolute Gasteiger partial charge is 0.476 e. The predicted molar refractivity (Wildman–Crippen MR) is 88.7 cm³/mol. The van der Waals surface area contributed by atoms with E-state index < -0.39 is 34.5 Å². The number of hydrogen-bond donors (Lipinski definition) is 1. The van der Waals surface area contributed by atoms with Gasteiger partial charge < -0.3 is 19.6 Å². The number of rotatable bonds is 2. The third-order valence-corrected chi connectivity index (χ3v) is 4.76. The Hall–Kier alpha value is -2.04. The number of halogens is 3. The first kappa shape index (κ1) is 20.3. The number of aromatic nitrogens is 1. The fourth-order valence-corrected chi connectivity index (χ4v) is 3.48. The van der Waals surface area contributed by atoms with Crippen molar-refractivity contribution in [1.82, 2.24) is 9.88 Å². The van der Waals surface area contributed by atoms with Crippen molar-refractivity contribution >= 4 is 28.4 Å². The van der Waals surface area contributed by atoms with E-state index >= 15 is 0 Å². The number of carboxylic acid groups (broad SMARTS) is 1. The first-order valence-corrected chi connectivity index (χ1v) is 8.67. The van der Waals surface area contributed by atoms with Crippen molar-refractivity contribution in [2.75, 3.05) is 24.5 Å². The van der Waals surface area contributed by atoms with E-state index in [1.165, 1.54) is 9.80 Å². The average molecular weight is 395 g/mol. The fourth-order valence-electron chi connectivity index (χ4n) is 2.52. The molecule has 26 heavy (non-hydrogen) atoms. The molecule has 1 atom stereocenters. The SMILES string of the molecule is CC1CN(c2sc(C(F)(F)F)nc2C(=O)O)CCN1C(=O)OC(C)(C)C. The van der Waals surface area contributed by atoms with Crippen molar-refractivity contribution in [1.29, 1.82) is 0 Å². The number of carboxylic acids is 1. The maximum absolute atomic E-state index is 12.9. The molecule has 1 aliphatic rings. The minimum Gasteiger partial charge on any atom is -0.476 e. The van der Waals surface area contributed by atoms with Crippen molar-refractivity contribution in [3.63, 3.8) is 0 Å². The first-order chi connectivity index (χ1) is 11.8. The summed E-state index contributed by atoms with van der Waals surface area (Å²) in [5.41, 5.74) is -1.29. The molecular weight excluding hydrogens is 375 g/mol. The highest BCUT2D eigenvalue weighted by atomic mass is 32.1. The molecule has 0 spiro atoms. The van der Waals surface area contributed by atoms with Crippen LogP contribution in [0.1, 0.15) is 43.2 Å². The number of carbonyl (C=O) groups is 2. The standard InChI is InChI=1S/C15H20F3N3O4S/c1-8-7-20(5-6-21(8)13(24)25-14(2,3)4)10-9(11(22)23)19-12(26-10)15(16,17)18/h8H,5-7H2,1-4H3,(H,22,23). The van der Waals surface area contributed by atoms with Crippen LogP contribution >= 0.6 is 11.3 Å². The number of thiazole rings is 1. The van der Waals surface area contributed by atoms with Crippen LogP contribution in [0.4, 0.5) is 23.0 Å². The smallest absolute Gasteiger partial charge is 0.443 e. The van der Waals surface area contributed by atoms with E-state index in [9.17, 15) is 27.9 Å². The van der Waals surface area contributed by atoms with Crippen molar-refractivity contribution in [3.05, 3.63) is 10.7 Å². The van der Waals surface area contributed by atoms with E-state index in [-0.39, 0.29) is 30.7 Å². The summed E-state index contributed by atoms with van der Waals surface area (Å²) in [5.74, 6) is -1.52. The van der Waals surface area contributed by atoms with E-state index in [1.807, 2.05) is 0 Å². The molecule has 1 N–H and O–H groups in total. The summed E-state index contributed by atoms with van der Waals surface area (Å²) in [4.78, 5) is 29.7. The molecule has 0 saturated carbocycles. The molecule has 1 aromatic heterocycles. The lowest BCUT2D eigenvalue weighted by atomic mass is 10.2. The Kier molecular flexibility index (Phi) is 5.41. The Morgan fingerprint density at radius 1 is 1.27 bits per heavy atom. The van der Waals surface area contributed by atoms with Crippen LogP contribution in [0.2, 0.25) is 0 Å². The molecule has 0 bridgehead atoms. The molecule has 0 radical (unpaired) electrons. The Morgan fingerprint density at radius 2 is 1.88 bits per heavy atom. The van der Waals surface area contributed by atoms with Gasteiger partial charge in [-0.15, -0.1) is 0 Å². The van der Waals surface area contributed by atoms with Gasteiger partial charge in [-0.3, -0.25) is 0 Å². The number of amides is 1. The normalized spacial score (nSPS) is 18.8. The molecule has 2 heterocycles. The summed E-state index contributed by atoms with van der Waals surface area (Å²) >= 11 is 0.297. The zero-order valence-electron chi connectivity index (χ0n) is 14.8. The number of hydrogen-bond acceptors (Lipinski definition) is 6. The van der Waals surface area contributed by atoms with E-state index in [4.69, 9.17) is 4.74 Å². The number of piperazine rings is 1. The van der Waals surface area contributed by atoms with Gasteiger partial charge in [0.1, 0.15) is 10.6 Å². The van der Waals surface area contributed by atoms with Gasteiger partial charge >= 0.3 is 18.2 Å². The molecular formula is C15H20F3N3O4S. The molecule has 0 aliphatic carbocycles. The van der Waals surface area contributed by atoms with Crippen molar-refractivity contribution < 1.29 is 32.6 Å². The minimum absolute atomic E-state index is 0.0551. The van der Waals surface area contributed by atoms with Gasteiger partial charge in [0, 0.05) is 25.7 Å². The molecule has 7 nitrogen and oxygen atoms in total. The van der Waals surface area contributed by atoms with Gasteiger partial charge in [-0.05, 0) is 27.7 Å². The summed E-state index contributed by atoms with van der Waals surface area (Å²) in [7, 11) is 0. The third-order valence-electron chi connectivity index (χ3n) is 3.60. The topological polar surface area (TPSA) is 83.0 Å². The highest BCUT2D eigenvalue weighted by Crippen LogP contribution is 2.39. The van der Waals surface area contributed by atoms with Crippen LogP contribution in [0.15, 0.2) is 0 Å². The molecule has 1 aliphatic heterocycles. The molecule has 1 amide bonds. The van der Waals surface area contributed by atoms with Crippen molar-refractivity contribution in [2.45, 2.75) is 45.5 Å². The second-order valence-corrected chi connectivity index (χ2v) is 7.92. The summed E-state index contributed by atoms with van der Waals surface area (Å²) in [5, 5.41) is 7.92. The molecule has 146 valence electrons. The molecule has 2 rings (SSSR count). The molecule has 1 unspecified atom stereocenters. The number of nitrogens with zero attached hydrogens (tertiary/aromatic N) is 3. The van der Waals surface area contributed by atoms with Crippen molar-refractivity contribution in [2.24, 2.45) is 0 Å². The lowest BCUT2D eigenvalue weighted by Gasteiger charge is -2.40. The summed E-state index contributed by atoms with van der Waals surface area (Å²) in [6.07, 6.45) is -5.22. The van der Waals surface area contributed by atoms with E-state index in [0.717, 1.165) is 0 Å². The van der Waals surface area contributed by atoms with Gasteiger partial charge in [0.15, 0.2) is 5.69 Å². The van der Waals surface area contributed by atoms with E-state index in [1.54, 1.807) is 27.7 Å². The number of anilines is 1.